The number of halogens is 1. The van der Waals surface area contributed by atoms with Gasteiger partial charge < -0.3 is 11.5 Å². The fourth-order valence-electron chi connectivity index (χ4n) is 4.90. The Bertz CT molecular complexity index is 1580. The maximum atomic E-state index is 15.4. The molecule has 8 heteroatoms. The van der Waals surface area contributed by atoms with Crippen LogP contribution in [0.3, 0.4) is 0 Å². The average Bonchev–Trinajstić information content (AvgIpc) is 3.24. The van der Waals surface area contributed by atoms with Gasteiger partial charge in [-0.1, -0.05) is 24.3 Å². The van der Waals surface area contributed by atoms with Gasteiger partial charge in [0.15, 0.2) is 11.6 Å². The number of aromatic nitrogens is 4. The maximum absolute atomic E-state index is 15.4. The highest BCUT2D eigenvalue weighted by molar-refractivity contribution is 5.91. The Morgan fingerprint density at radius 1 is 0.971 bits per heavy atom. The van der Waals surface area contributed by atoms with Crippen molar-refractivity contribution in [3.8, 4) is 22.5 Å². The summed E-state index contributed by atoms with van der Waals surface area (Å²) in [5, 5.41) is 4.75. The van der Waals surface area contributed by atoms with E-state index in [0.29, 0.717) is 28.5 Å². The smallest absolute Gasteiger partial charge is 0.167 e. The molecule has 4 heterocycles. The Labute approximate surface area is 201 Å². The molecule has 2 aromatic carbocycles. The summed E-state index contributed by atoms with van der Waals surface area (Å²) < 4.78 is 17.2. The molecule has 0 saturated carbocycles. The van der Waals surface area contributed by atoms with Gasteiger partial charge in [-0.2, -0.15) is 5.10 Å². The molecule has 5 aromatic rings. The lowest BCUT2D eigenvalue weighted by Crippen LogP contribution is -2.34. The third kappa shape index (κ3) is 3.59. The first-order valence-corrected chi connectivity index (χ1v) is 11.4. The highest BCUT2D eigenvalue weighted by atomic mass is 19.1. The van der Waals surface area contributed by atoms with Crippen LogP contribution in [0, 0.1) is 5.82 Å². The van der Waals surface area contributed by atoms with Gasteiger partial charge in [0, 0.05) is 29.7 Å². The zero-order chi connectivity index (χ0) is 24.1. The predicted octanol–water partition coefficient (Wildman–Crippen LogP) is 4.34. The van der Waals surface area contributed by atoms with Gasteiger partial charge >= 0.3 is 0 Å². The van der Waals surface area contributed by atoms with Crippen molar-refractivity contribution in [2.24, 2.45) is 0 Å². The molecule has 3 aromatic heterocycles. The number of hydrogen-bond donors (Lipinski definition) is 2. The number of nitrogens with two attached hydrogens (primary N) is 2. The van der Waals surface area contributed by atoms with Crippen molar-refractivity contribution in [1.29, 1.82) is 0 Å². The Morgan fingerprint density at radius 2 is 1.83 bits per heavy atom. The molecule has 1 unspecified atom stereocenters. The van der Waals surface area contributed by atoms with Crippen molar-refractivity contribution in [2.45, 2.75) is 12.5 Å². The van der Waals surface area contributed by atoms with E-state index in [2.05, 4.69) is 16.0 Å². The van der Waals surface area contributed by atoms with E-state index in [1.807, 2.05) is 67.8 Å². The molecule has 4 N–H and O–H groups in total. The molecule has 0 saturated heterocycles. The normalized spacial score (nSPS) is 15.9. The van der Waals surface area contributed by atoms with Crippen LogP contribution in [0.25, 0.3) is 28.0 Å². The predicted molar refractivity (Wildman–Crippen MR) is 135 cm³/mol. The molecular weight excluding hydrogens is 441 g/mol. The minimum Gasteiger partial charge on any atom is -0.399 e. The second-order valence-electron chi connectivity index (χ2n) is 8.90. The zero-order valence-electron chi connectivity index (χ0n) is 19.2. The van der Waals surface area contributed by atoms with Gasteiger partial charge in [0.1, 0.15) is 11.4 Å². The average molecular weight is 466 g/mol. The van der Waals surface area contributed by atoms with Crippen molar-refractivity contribution >= 4 is 16.9 Å². The molecule has 0 radical (unpaired) electrons. The largest absolute Gasteiger partial charge is 0.399 e. The van der Waals surface area contributed by atoms with E-state index in [-0.39, 0.29) is 11.7 Å². The van der Waals surface area contributed by atoms with Crippen molar-refractivity contribution in [3.63, 3.8) is 0 Å². The molecule has 0 spiro atoms. The summed E-state index contributed by atoms with van der Waals surface area (Å²) in [7, 11) is 2.02. The van der Waals surface area contributed by atoms with Crippen LogP contribution in [0.4, 0.5) is 15.8 Å². The van der Waals surface area contributed by atoms with Crippen LogP contribution < -0.4 is 11.5 Å². The highest BCUT2D eigenvalue weighted by Gasteiger charge is 2.30. The third-order valence-electron chi connectivity index (χ3n) is 6.58. The molecule has 0 fully saturated rings. The lowest BCUT2D eigenvalue weighted by atomic mass is 9.91. The minimum atomic E-state index is -0.510. The number of hydrogen-bond acceptors (Lipinski definition) is 6. The van der Waals surface area contributed by atoms with Gasteiger partial charge in [-0.25, -0.2) is 18.9 Å². The molecule has 0 bridgehead atoms. The summed E-state index contributed by atoms with van der Waals surface area (Å²) in [5.41, 5.74) is 18.6. The fraction of sp³-hybridized carbons (Fsp3) is 0.148. The molecule has 35 heavy (non-hydrogen) atoms. The second-order valence-corrected chi connectivity index (χ2v) is 8.90. The standard InChI is InChI=1S/C27H24FN7/c1-34-12-10-16-8-9-19(30)14-20(16)26(34)27-31-15-21(28)25(32-27)23-22-7-2-3-11-35(22)33-24(23)17-5-4-6-18(29)13-17/h2-9,11,13-15,26H,10,12,29-30H2,1H3. The summed E-state index contributed by atoms with van der Waals surface area (Å²) in [6, 6.07) is 18.8. The second kappa shape index (κ2) is 8.18. The van der Waals surface area contributed by atoms with Gasteiger partial charge in [-0.3, -0.25) is 4.90 Å². The Hall–Kier alpha value is -4.30. The Balaban J connectivity index is 1.58. The third-order valence-corrected chi connectivity index (χ3v) is 6.58. The Kier molecular flexibility index (Phi) is 4.96. The van der Waals surface area contributed by atoms with Crippen LogP contribution in [0.1, 0.15) is 23.0 Å². The number of nitrogens with zero attached hydrogens (tertiary/aromatic N) is 5. The van der Waals surface area contributed by atoms with E-state index >= 15 is 4.39 Å². The van der Waals surface area contributed by atoms with Crippen molar-refractivity contribution in [3.05, 3.63) is 95.8 Å². The Morgan fingerprint density at radius 3 is 2.69 bits per heavy atom. The number of nitrogen functional groups attached to an aromatic ring is 2. The van der Waals surface area contributed by atoms with Gasteiger partial charge in [0.05, 0.1) is 23.3 Å². The van der Waals surface area contributed by atoms with Crippen LogP contribution in [0.15, 0.2) is 73.1 Å². The van der Waals surface area contributed by atoms with Crippen LogP contribution >= 0.6 is 0 Å². The van der Waals surface area contributed by atoms with Crippen LogP contribution in [0.2, 0.25) is 0 Å². The monoisotopic (exact) mass is 465 g/mol. The highest BCUT2D eigenvalue weighted by Crippen LogP contribution is 2.38. The van der Waals surface area contributed by atoms with E-state index < -0.39 is 5.82 Å². The SMILES string of the molecule is CN1CCc2ccc(N)cc2C1c1ncc(F)c(-c2c(-c3cccc(N)c3)nn3ccccc23)n1. The van der Waals surface area contributed by atoms with E-state index in [0.717, 1.165) is 29.6 Å². The number of pyridine rings is 1. The number of anilines is 2. The van der Waals surface area contributed by atoms with Gasteiger partial charge in [0.2, 0.25) is 0 Å². The van der Waals surface area contributed by atoms with Crippen LogP contribution in [0.5, 0.6) is 0 Å². The van der Waals surface area contributed by atoms with E-state index in [1.54, 1.807) is 4.52 Å². The molecular formula is C27H24FN7. The van der Waals surface area contributed by atoms with Crippen molar-refractivity contribution in [2.75, 3.05) is 25.1 Å². The summed E-state index contributed by atoms with van der Waals surface area (Å²) >= 11 is 0. The number of fused-ring (bicyclic) bond motifs is 2. The molecule has 1 aliphatic heterocycles. The quantitative estimate of drug-likeness (QED) is 0.385. The molecule has 0 amide bonds. The van der Waals surface area contributed by atoms with Gasteiger partial charge in [-0.05, 0) is 61.0 Å². The first kappa shape index (κ1) is 21.2. The summed E-state index contributed by atoms with van der Waals surface area (Å²) in [5.74, 6) is 0.00757. The first-order valence-electron chi connectivity index (χ1n) is 11.4. The molecule has 1 aliphatic rings. The lowest BCUT2D eigenvalue weighted by molar-refractivity contribution is 0.255. The zero-order valence-corrected chi connectivity index (χ0v) is 19.2. The first-order chi connectivity index (χ1) is 17.0. The molecule has 1 atom stereocenters. The molecule has 0 aliphatic carbocycles. The molecule has 7 nitrogen and oxygen atoms in total. The topological polar surface area (TPSA) is 98.4 Å². The van der Waals surface area contributed by atoms with Crippen LogP contribution in [-0.2, 0) is 6.42 Å². The lowest BCUT2D eigenvalue weighted by Gasteiger charge is -2.33. The van der Waals surface area contributed by atoms with E-state index in [9.17, 15) is 0 Å². The van der Waals surface area contributed by atoms with Crippen molar-refractivity contribution in [1.82, 2.24) is 24.5 Å². The number of likely N-dealkylation sites (N-methyl/N-ethyl adjacent to an activating group) is 1. The minimum absolute atomic E-state index is 0.207. The molecule has 6 rings (SSSR count). The van der Waals surface area contributed by atoms with Crippen LogP contribution in [-0.4, -0.2) is 38.1 Å². The maximum Gasteiger partial charge on any atom is 0.167 e. The fourth-order valence-corrected chi connectivity index (χ4v) is 4.90. The van der Waals surface area contributed by atoms with E-state index in [4.69, 9.17) is 21.5 Å². The summed E-state index contributed by atoms with van der Waals surface area (Å²) in [6.45, 7) is 0.836. The number of rotatable bonds is 3. The van der Waals surface area contributed by atoms with Crippen molar-refractivity contribution < 1.29 is 4.39 Å². The van der Waals surface area contributed by atoms with Gasteiger partial charge in [-0.15, -0.1) is 0 Å². The summed E-state index contributed by atoms with van der Waals surface area (Å²) in [4.78, 5) is 11.4. The van der Waals surface area contributed by atoms with Gasteiger partial charge in [0.25, 0.3) is 0 Å². The van der Waals surface area contributed by atoms with E-state index in [1.165, 1.54) is 11.8 Å². The summed E-state index contributed by atoms with van der Waals surface area (Å²) in [6.07, 6.45) is 3.99. The molecule has 174 valence electrons. The number of benzene rings is 2.